The van der Waals surface area contributed by atoms with Crippen LogP contribution in [0.1, 0.15) is 38.7 Å². The normalized spacial score (nSPS) is 21.2. The van der Waals surface area contributed by atoms with Crippen molar-refractivity contribution in [2.24, 2.45) is 0 Å². The number of benzene rings is 1. The van der Waals surface area contributed by atoms with Crippen LogP contribution in [0.4, 0.5) is 0 Å². The number of ether oxygens (including phenoxy) is 1. The lowest BCUT2D eigenvalue weighted by atomic mass is 10.1. The SMILES string of the molecule is CC1=CNNC(c2ccc(OCCCN3CCC[C@H]3C)cc2)=C1. The Kier molecular flexibility index (Phi) is 5.23. The minimum atomic E-state index is 0.747. The predicted molar refractivity (Wildman–Crippen MR) is 94.8 cm³/mol. The number of hydrogen-bond donors (Lipinski definition) is 2. The number of nitrogens with zero attached hydrogens (tertiary/aromatic N) is 1. The second-order valence-corrected chi connectivity index (χ2v) is 6.47. The maximum absolute atomic E-state index is 5.87. The molecule has 1 aromatic carbocycles. The van der Waals surface area contributed by atoms with Gasteiger partial charge in [0, 0.05) is 18.8 Å². The molecule has 3 rings (SSSR count). The number of rotatable bonds is 6. The van der Waals surface area contributed by atoms with Crippen molar-refractivity contribution in [3.8, 4) is 5.75 Å². The summed E-state index contributed by atoms with van der Waals surface area (Å²) in [5, 5.41) is 0. The molecule has 1 saturated heterocycles. The molecule has 1 fully saturated rings. The summed E-state index contributed by atoms with van der Waals surface area (Å²) in [6.45, 7) is 7.58. The van der Waals surface area contributed by atoms with Gasteiger partial charge in [-0.25, -0.2) is 0 Å². The van der Waals surface area contributed by atoms with E-state index in [4.69, 9.17) is 4.74 Å². The first-order chi connectivity index (χ1) is 11.2. The van der Waals surface area contributed by atoms with Crippen molar-refractivity contribution in [2.45, 2.75) is 39.2 Å². The maximum Gasteiger partial charge on any atom is 0.119 e. The third kappa shape index (κ3) is 4.29. The minimum absolute atomic E-state index is 0.747. The third-order valence-electron chi connectivity index (χ3n) is 4.59. The van der Waals surface area contributed by atoms with Crippen molar-refractivity contribution in [1.29, 1.82) is 0 Å². The van der Waals surface area contributed by atoms with E-state index in [1.807, 2.05) is 18.3 Å². The van der Waals surface area contributed by atoms with Crippen LogP contribution in [0.3, 0.4) is 0 Å². The second-order valence-electron chi connectivity index (χ2n) is 6.47. The van der Waals surface area contributed by atoms with Gasteiger partial charge in [0.05, 0.1) is 12.3 Å². The topological polar surface area (TPSA) is 36.5 Å². The van der Waals surface area contributed by atoms with Gasteiger partial charge in [-0.05, 0) is 81.1 Å². The highest BCUT2D eigenvalue weighted by atomic mass is 16.5. The van der Waals surface area contributed by atoms with Gasteiger partial charge in [-0.2, -0.15) is 0 Å². The zero-order valence-corrected chi connectivity index (χ0v) is 14.1. The number of allylic oxidation sites excluding steroid dienone is 2. The standard InChI is InChI=1S/C19H27N3O/c1-15-13-19(21-20-14-15)17-6-8-18(9-7-17)23-12-4-11-22-10-3-5-16(22)2/h6-9,13-14,16,20-21H,3-5,10-12H2,1-2H3/t16-/m1/s1. The molecule has 0 saturated carbocycles. The third-order valence-corrected chi connectivity index (χ3v) is 4.59. The van der Waals surface area contributed by atoms with Gasteiger partial charge in [0.2, 0.25) is 0 Å². The van der Waals surface area contributed by atoms with Gasteiger partial charge in [-0.3, -0.25) is 0 Å². The first-order valence-electron chi connectivity index (χ1n) is 8.60. The fourth-order valence-corrected chi connectivity index (χ4v) is 3.20. The van der Waals surface area contributed by atoms with E-state index in [1.165, 1.54) is 25.0 Å². The van der Waals surface area contributed by atoms with Crippen LogP contribution in [0.5, 0.6) is 5.75 Å². The largest absolute Gasteiger partial charge is 0.494 e. The van der Waals surface area contributed by atoms with Gasteiger partial charge in [-0.15, -0.1) is 0 Å². The van der Waals surface area contributed by atoms with Crippen molar-refractivity contribution in [3.63, 3.8) is 0 Å². The molecule has 0 aliphatic carbocycles. The summed E-state index contributed by atoms with van der Waals surface area (Å²) in [4.78, 5) is 2.57. The Morgan fingerprint density at radius 3 is 2.78 bits per heavy atom. The molecule has 2 N–H and O–H groups in total. The van der Waals surface area contributed by atoms with Gasteiger partial charge in [-0.1, -0.05) is 0 Å². The summed E-state index contributed by atoms with van der Waals surface area (Å²) >= 11 is 0. The lowest BCUT2D eigenvalue weighted by molar-refractivity contribution is 0.230. The van der Waals surface area contributed by atoms with E-state index in [0.717, 1.165) is 42.6 Å². The lowest BCUT2D eigenvalue weighted by Crippen LogP contribution is -2.28. The zero-order valence-electron chi connectivity index (χ0n) is 14.1. The van der Waals surface area contributed by atoms with Gasteiger partial charge < -0.3 is 20.5 Å². The molecule has 0 radical (unpaired) electrons. The Balaban J connectivity index is 1.45. The molecule has 2 aliphatic rings. The zero-order chi connectivity index (χ0) is 16.1. The van der Waals surface area contributed by atoms with Crippen LogP contribution < -0.4 is 15.6 Å². The van der Waals surface area contributed by atoms with Crippen molar-refractivity contribution in [1.82, 2.24) is 15.8 Å². The smallest absolute Gasteiger partial charge is 0.119 e. The lowest BCUT2D eigenvalue weighted by Gasteiger charge is -2.20. The summed E-state index contributed by atoms with van der Waals surface area (Å²) in [7, 11) is 0. The van der Waals surface area contributed by atoms with Crippen LogP contribution >= 0.6 is 0 Å². The summed E-state index contributed by atoms with van der Waals surface area (Å²) < 4.78 is 5.87. The van der Waals surface area contributed by atoms with Gasteiger partial charge in [0.25, 0.3) is 0 Å². The molecule has 2 heterocycles. The van der Waals surface area contributed by atoms with Crippen molar-refractivity contribution in [2.75, 3.05) is 19.7 Å². The Morgan fingerprint density at radius 2 is 2.09 bits per heavy atom. The van der Waals surface area contributed by atoms with Crippen molar-refractivity contribution < 1.29 is 4.74 Å². The highest BCUT2D eigenvalue weighted by Gasteiger charge is 2.19. The van der Waals surface area contributed by atoms with Crippen LogP contribution in [0, 0.1) is 0 Å². The molecule has 0 bridgehead atoms. The molecule has 4 nitrogen and oxygen atoms in total. The molecule has 4 heteroatoms. The monoisotopic (exact) mass is 313 g/mol. The first kappa shape index (κ1) is 15.9. The molecule has 0 amide bonds. The molecule has 0 spiro atoms. The van der Waals surface area contributed by atoms with E-state index in [0.29, 0.717) is 0 Å². The fourth-order valence-electron chi connectivity index (χ4n) is 3.20. The minimum Gasteiger partial charge on any atom is -0.494 e. The Hall–Kier alpha value is -1.94. The van der Waals surface area contributed by atoms with Crippen LogP contribution in [0.2, 0.25) is 0 Å². The molecule has 0 unspecified atom stereocenters. The average molecular weight is 313 g/mol. The number of likely N-dealkylation sites (tertiary alicyclic amines) is 1. The highest BCUT2D eigenvalue weighted by Crippen LogP contribution is 2.20. The highest BCUT2D eigenvalue weighted by molar-refractivity contribution is 5.67. The Labute approximate surface area is 139 Å². The molecular formula is C19H27N3O. The number of hydrogen-bond acceptors (Lipinski definition) is 4. The predicted octanol–water partition coefficient (Wildman–Crippen LogP) is 3.29. The summed E-state index contributed by atoms with van der Waals surface area (Å²) in [5.74, 6) is 0.944. The summed E-state index contributed by atoms with van der Waals surface area (Å²) in [6.07, 6.45) is 7.85. The molecule has 124 valence electrons. The van der Waals surface area contributed by atoms with Gasteiger partial charge in [0.1, 0.15) is 5.75 Å². The second kappa shape index (κ2) is 7.55. The van der Waals surface area contributed by atoms with E-state index in [1.54, 1.807) is 0 Å². The van der Waals surface area contributed by atoms with Gasteiger partial charge in [0.15, 0.2) is 0 Å². The van der Waals surface area contributed by atoms with Crippen LogP contribution in [0.15, 0.2) is 42.1 Å². The van der Waals surface area contributed by atoms with Crippen LogP contribution in [0.25, 0.3) is 5.70 Å². The van der Waals surface area contributed by atoms with Gasteiger partial charge >= 0.3 is 0 Å². The molecule has 23 heavy (non-hydrogen) atoms. The molecule has 2 aliphatic heterocycles. The van der Waals surface area contributed by atoms with Crippen molar-refractivity contribution in [3.05, 3.63) is 47.7 Å². The fraction of sp³-hybridized carbons (Fsp3) is 0.474. The quantitative estimate of drug-likeness (QED) is 0.790. The number of nitrogens with one attached hydrogen (secondary N) is 2. The Morgan fingerprint density at radius 1 is 1.26 bits per heavy atom. The first-order valence-corrected chi connectivity index (χ1v) is 8.60. The van der Waals surface area contributed by atoms with E-state index < -0.39 is 0 Å². The van der Waals surface area contributed by atoms with E-state index in [9.17, 15) is 0 Å². The molecule has 1 atom stereocenters. The van der Waals surface area contributed by atoms with Crippen LogP contribution in [-0.2, 0) is 0 Å². The molecule has 1 aromatic rings. The molecule has 0 aromatic heterocycles. The van der Waals surface area contributed by atoms with Crippen LogP contribution in [-0.4, -0.2) is 30.6 Å². The molecular weight excluding hydrogens is 286 g/mol. The van der Waals surface area contributed by atoms with E-state index >= 15 is 0 Å². The van der Waals surface area contributed by atoms with E-state index in [-0.39, 0.29) is 0 Å². The average Bonchev–Trinajstić information content (AvgIpc) is 2.97. The van der Waals surface area contributed by atoms with Crippen molar-refractivity contribution >= 4 is 5.70 Å². The summed E-state index contributed by atoms with van der Waals surface area (Å²) in [5.41, 5.74) is 9.66. The Bertz CT molecular complexity index is 577. The van der Waals surface area contributed by atoms with E-state index in [2.05, 4.69) is 47.8 Å². The summed E-state index contributed by atoms with van der Waals surface area (Å²) in [6, 6.07) is 9.03. The number of hydrazine groups is 1. The maximum atomic E-state index is 5.87.